The minimum absolute atomic E-state index is 0.181. The Bertz CT molecular complexity index is 987. The van der Waals surface area contributed by atoms with Crippen LogP contribution in [0.5, 0.6) is 5.75 Å². The highest BCUT2D eigenvalue weighted by Crippen LogP contribution is 2.28. The molecule has 3 rings (SSSR count). The van der Waals surface area contributed by atoms with Gasteiger partial charge in [0.25, 0.3) is 0 Å². The Hall–Kier alpha value is -1.65. The number of hydrogen-bond acceptors (Lipinski definition) is 5. The van der Waals surface area contributed by atoms with E-state index in [9.17, 15) is 14.7 Å². The number of ether oxygens (including phenoxy) is 1. The molecule has 1 saturated heterocycles. The van der Waals surface area contributed by atoms with Crippen molar-refractivity contribution in [2.24, 2.45) is 0 Å². The number of fused-ring (bicyclic) bond motifs is 1. The van der Waals surface area contributed by atoms with E-state index in [4.69, 9.17) is 4.74 Å². The van der Waals surface area contributed by atoms with Crippen LogP contribution in [0.1, 0.15) is 44.0 Å². The van der Waals surface area contributed by atoms with Crippen LogP contribution < -0.4 is 10.2 Å². The summed E-state index contributed by atoms with van der Waals surface area (Å²) in [5.74, 6) is -0.454. The van der Waals surface area contributed by atoms with E-state index in [1.807, 2.05) is 10.6 Å². The van der Waals surface area contributed by atoms with Crippen molar-refractivity contribution in [1.82, 2.24) is 14.4 Å². The predicted molar refractivity (Wildman–Crippen MR) is 131 cm³/mol. The molecule has 31 heavy (non-hydrogen) atoms. The van der Waals surface area contributed by atoms with Gasteiger partial charge >= 0.3 is 5.97 Å². The number of carboxylic acids is 1. The summed E-state index contributed by atoms with van der Waals surface area (Å²) in [5.41, 5.74) is 0.112. The lowest BCUT2D eigenvalue weighted by Gasteiger charge is -2.25. The second kappa shape index (κ2) is 10.8. The van der Waals surface area contributed by atoms with Crippen LogP contribution in [0.15, 0.2) is 23.1 Å². The minimum atomic E-state index is -1.19. The first-order valence-corrected chi connectivity index (χ1v) is 12.2. The number of likely N-dealkylation sites (tertiary alicyclic amines) is 1. The molecule has 0 amide bonds. The van der Waals surface area contributed by atoms with E-state index in [1.54, 1.807) is 6.07 Å². The lowest BCUT2D eigenvalue weighted by molar-refractivity contribution is 0.0694. The molecular formula is C23H32IN3O4. The summed E-state index contributed by atoms with van der Waals surface area (Å²) >= 11 is 2.16. The van der Waals surface area contributed by atoms with Crippen LogP contribution in [0.3, 0.4) is 0 Å². The number of rotatable bonds is 10. The first-order valence-electron chi connectivity index (χ1n) is 11.1. The Balaban J connectivity index is 2.00. The van der Waals surface area contributed by atoms with Gasteiger partial charge in [0.2, 0.25) is 5.43 Å². The number of aromatic carboxylic acids is 1. The van der Waals surface area contributed by atoms with Crippen molar-refractivity contribution in [3.63, 3.8) is 0 Å². The molecule has 0 aliphatic carbocycles. The van der Waals surface area contributed by atoms with Gasteiger partial charge in [-0.2, -0.15) is 0 Å². The Morgan fingerprint density at radius 1 is 1.29 bits per heavy atom. The van der Waals surface area contributed by atoms with Gasteiger partial charge in [-0.1, -0.05) is 20.8 Å². The minimum Gasteiger partial charge on any atom is -0.491 e. The Labute approximate surface area is 197 Å². The lowest BCUT2D eigenvalue weighted by atomic mass is 10.1. The maximum Gasteiger partial charge on any atom is 0.341 e. The molecular weight excluding hydrogens is 509 g/mol. The van der Waals surface area contributed by atoms with Crippen LogP contribution in [0.4, 0.5) is 0 Å². The van der Waals surface area contributed by atoms with E-state index in [0.717, 1.165) is 60.4 Å². The van der Waals surface area contributed by atoms with Gasteiger partial charge in [0, 0.05) is 36.8 Å². The Morgan fingerprint density at radius 2 is 2.03 bits per heavy atom. The number of nitrogens with zero attached hydrogens (tertiary/aromatic N) is 3. The first kappa shape index (κ1) is 24.0. The fourth-order valence-corrected chi connectivity index (χ4v) is 5.00. The Morgan fingerprint density at radius 3 is 2.68 bits per heavy atom. The maximum absolute atomic E-state index is 12.9. The van der Waals surface area contributed by atoms with Crippen molar-refractivity contribution in [2.45, 2.75) is 46.2 Å². The molecule has 0 bridgehead atoms. The van der Waals surface area contributed by atoms with E-state index in [2.05, 4.69) is 53.2 Å². The topological polar surface area (TPSA) is 75.0 Å². The third kappa shape index (κ3) is 5.40. The molecule has 1 fully saturated rings. The molecule has 1 aromatic carbocycles. The largest absolute Gasteiger partial charge is 0.491 e. The number of halogens is 1. The predicted octanol–water partition coefficient (Wildman–Crippen LogP) is 3.51. The number of pyridine rings is 1. The molecule has 7 nitrogen and oxygen atoms in total. The van der Waals surface area contributed by atoms with Gasteiger partial charge in [-0.3, -0.25) is 9.69 Å². The third-order valence-electron chi connectivity index (χ3n) is 6.24. The SMILES string of the molecule is CCN(CC)CCOc1cc2c(cc1I)c(=O)c(C(=O)O)cn2C[C@H]1CCCN1CC. The number of hydrogen-bond donors (Lipinski definition) is 1. The molecule has 0 spiro atoms. The second-order valence-electron chi connectivity index (χ2n) is 7.93. The average molecular weight is 541 g/mol. The molecule has 1 aliphatic rings. The summed E-state index contributed by atoms with van der Waals surface area (Å²) < 4.78 is 8.82. The number of aromatic nitrogens is 1. The standard InChI is InChI=1S/C23H32IN3O4/c1-4-25(5-2)10-11-31-21-13-20-17(12-19(21)24)22(28)18(23(29)30)15-27(20)14-16-8-7-9-26(16)6-3/h12-13,15-16H,4-11,14H2,1-3H3,(H,29,30)/t16-/m1/s1. The highest BCUT2D eigenvalue weighted by molar-refractivity contribution is 14.1. The van der Waals surface area contributed by atoms with Crippen molar-refractivity contribution in [1.29, 1.82) is 0 Å². The summed E-state index contributed by atoms with van der Waals surface area (Å²) in [6.07, 6.45) is 3.72. The lowest BCUT2D eigenvalue weighted by Crippen LogP contribution is -2.33. The van der Waals surface area contributed by atoms with E-state index in [-0.39, 0.29) is 5.56 Å². The zero-order chi connectivity index (χ0) is 22.5. The molecule has 8 heteroatoms. The summed E-state index contributed by atoms with van der Waals surface area (Å²) in [5, 5.41) is 10.0. The molecule has 2 heterocycles. The normalized spacial score (nSPS) is 17.0. The van der Waals surface area contributed by atoms with Crippen LogP contribution in [0.2, 0.25) is 0 Å². The van der Waals surface area contributed by atoms with Gasteiger partial charge in [0.1, 0.15) is 17.9 Å². The van der Waals surface area contributed by atoms with Crippen LogP contribution >= 0.6 is 22.6 Å². The quantitative estimate of drug-likeness (QED) is 0.465. The van der Waals surface area contributed by atoms with Gasteiger partial charge in [0.15, 0.2) is 0 Å². The number of carboxylic acid groups (broad SMARTS) is 1. The zero-order valence-electron chi connectivity index (χ0n) is 18.6. The van der Waals surface area contributed by atoms with E-state index in [0.29, 0.717) is 24.6 Å². The van der Waals surface area contributed by atoms with Crippen LogP contribution in [-0.2, 0) is 6.54 Å². The van der Waals surface area contributed by atoms with Gasteiger partial charge in [0.05, 0.1) is 9.09 Å². The van der Waals surface area contributed by atoms with E-state index < -0.39 is 11.4 Å². The monoisotopic (exact) mass is 541 g/mol. The van der Waals surface area contributed by atoms with E-state index >= 15 is 0 Å². The first-order chi connectivity index (χ1) is 14.9. The summed E-state index contributed by atoms with van der Waals surface area (Å²) in [6.45, 7) is 12.4. The van der Waals surface area contributed by atoms with Crippen LogP contribution in [0.25, 0.3) is 10.9 Å². The molecule has 0 saturated carbocycles. The average Bonchev–Trinajstić information content (AvgIpc) is 3.20. The Kier molecular flexibility index (Phi) is 8.35. The molecule has 2 aromatic rings. The number of carbonyl (C=O) groups is 1. The van der Waals surface area contributed by atoms with Crippen LogP contribution in [0, 0.1) is 3.57 Å². The van der Waals surface area contributed by atoms with Crippen molar-refractivity contribution >= 4 is 39.5 Å². The van der Waals surface area contributed by atoms with Gasteiger partial charge in [-0.25, -0.2) is 4.79 Å². The summed E-state index contributed by atoms with van der Waals surface area (Å²) in [6, 6.07) is 4.00. The number of likely N-dealkylation sites (N-methyl/N-ethyl adjacent to an activating group) is 2. The fraction of sp³-hybridized carbons (Fsp3) is 0.565. The highest BCUT2D eigenvalue weighted by Gasteiger charge is 2.25. The smallest absolute Gasteiger partial charge is 0.341 e. The van der Waals surface area contributed by atoms with Crippen molar-refractivity contribution in [2.75, 3.05) is 39.3 Å². The summed E-state index contributed by atoms with van der Waals surface area (Å²) in [7, 11) is 0. The van der Waals surface area contributed by atoms with E-state index in [1.165, 1.54) is 6.20 Å². The fourth-order valence-electron chi connectivity index (χ4n) is 4.38. The molecule has 0 radical (unpaired) electrons. The molecule has 1 aromatic heterocycles. The van der Waals surface area contributed by atoms with Gasteiger partial charge in [-0.15, -0.1) is 0 Å². The summed E-state index contributed by atoms with van der Waals surface area (Å²) in [4.78, 5) is 29.3. The van der Waals surface area contributed by atoms with Crippen molar-refractivity contribution in [3.8, 4) is 5.75 Å². The maximum atomic E-state index is 12.9. The van der Waals surface area contributed by atoms with Gasteiger partial charge in [-0.05, 0) is 67.7 Å². The van der Waals surface area contributed by atoms with Crippen LogP contribution in [-0.4, -0.2) is 70.8 Å². The number of benzene rings is 1. The molecule has 0 unspecified atom stereocenters. The second-order valence-corrected chi connectivity index (χ2v) is 9.09. The van der Waals surface area contributed by atoms with Crippen molar-refractivity contribution < 1.29 is 14.6 Å². The molecule has 1 N–H and O–H groups in total. The third-order valence-corrected chi connectivity index (χ3v) is 7.08. The van der Waals surface area contributed by atoms with Gasteiger partial charge < -0.3 is 19.3 Å². The molecule has 1 aliphatic heterocycles. The molecule has 170 valence electrons. The van der Waals surface area contributed by atoms with Crippen molar-refractivity contribution in [3.05, 3.63) is 37.7 Å². The molecule has 1 atom stereocenters. The zero-order valence-corrected chi connectivity index (χ0v) is 20.7. The highest BCUT2D eigenvalue weighted by atomic mass is 127.